The summed E-state index contributed by atoms with van der Waals surface area (Å²) in [5, 5.41) is 5.85. The molecule has 1 unspecified atom stereocenters. The molecule has 1 aromatic rings. The Hall–Kier alpha value is -1.71. The van der Waals surface area contributed by atoms with Crippen molar-refractivity contribution in [3.8, 4) is 5.75 Å². The van der Waals surface area contributed by atoms with E-state index >= 15 is 0 Å². The van der Waals surface area contributed by atoms with Crippen LogP contribution in [0.5, 0.6) is 5.75 Å². The second kappa shape index (κ2) is 7.17. The molecule has 1 aromatic carbocycles. The lowest BCUT2D eigenvalue weighted by molar-refractivity contribution is 0.217. The lowest BCUT2D eigenvalue weighted by atomic mass is 9.93. The van der Waals surface area contributed by atoms with Crippen molar-refractivity contribution in [1.82, 2.24) is 10.6 Å². The first-order valence-electron chi connectivity index (χ1n) is 7.47. The van der Waals surface area contributed by atoms with Crippen LogP contribution in [0.3, 0.4) is 0 Å². The highest BCUT2D eigenvalue weighted by Crippen LogP contribution is 2.18. The Kier molecular flexibility index (Phi) is 5.27. The maximum absolute atomic E-state index is 11.7. The summed E-state index contributed by atoms with van der Waals surface area (Å²) in [6, 6.07) is 8.17. The zero-order valence-electron chi connectivity index (χ0n) is 12.3. The number of carbonyl (C=O) groups excluding carboxylic acids is 1. The molecule has 0 spiro atoms. The van der Waals surface area contributed by atoms with E-state index in [9.17, 15) is 4.79 Å². The number of carbonyl (C=O) groups is 1. The van der Waals surface area contributed by atoms with Gasteiger partial charge in [-0.25, -0.2) is 4.79 Å². The van der Waals surface area contributed by atoms with Crippen LogP contribution in [0.2, 0.25) is 0 Å². The normalized spacial score (nSPS) is 16.1. The number of ether oxygens (including phenoxy) is 1. The molecule has 110 valence electrons. The molecular weight excluding hydrogens is 252 g/mol. The summed E-state index contributed by atoms with van der Waals surface area (Å²) in [6.07, 6.45) is 4.61. The monoisotopic (exact) mass is 276 g/mol. The van der Waals surface area contributed by atoms with Crippen LogP contribution < -0.4 is 15.4 Å². The summed E-state index contributed by atoms with van der Waals surface area (Å²) < 4.78 is 5.77. The minimum Gasteiger partial charge on any atom is -0.491 e. The Morgan fingerprint density at radius 1 is 1.45 bits per heavy atom. The number of rotatable bonds is 6. The van der Waals surface area contributed by atoms with Gasteiger partial charge in [-0.05, 0) is 50.3 Å². The van der Waals surface area contributed by atoms with Gasteiger partial charge in [-0.15, -0.1) is 0 Å². The van der Waals surface area contributed by atoms with Crippen LogP contribution in [-0.4, -0.2) is 18.2 Å². The van der Waals surface area contributed by atoms with Gasteiger partial charge in [0.1, 0.15) is 5.75 Å². The van der Waals surface area contributed by atoms with Gasteiger partial charge in [0.15, 0.2) is 0 Å². The van der Waals surface area contributed by atoms with Crippen LogP contribution in [0.1, 0.15) is 45.1 Å². The first kappa shape index (κ1) is 14.7. The maximum atomic E-state index is 11.7. The topological polar surface area (TPSA) is 50.4 Å². The molecule has 4 heteroatoms. The maximum Gasteiger partial charge on any atom is 0.315 e. The number of nitrogens with one attached hydrogen (secondary N) is 2. The first-order chi connectivity index (χ1) is 9.67. The number of hydrogen-bond donors (Lipinski definition) is 2. The van der Waals surface area contributed by atoms with Gasteiger partial charge in [0.05, 0.1) is 6.10 Å². The summed E-state index contributed by atoms with van der Waals surface area (Å²) in [6.45, 7) is 4.67. The smallest absolute Gasteiger partial charge is 0.315 e. The van der Waals surface area contributed by atoms with E-state index in [-0.39, 0.29) is 12.1 Å². The van der Waals surface area contributed by atoms with Crippen LogP contribution in [0, 0.1) is 0 Å². The van der Waals surface area contributed by atoms with Gasteiger partial charge < -0.3 is 15.4 Å². The third-order valence-electron chi connectivity index (χ3n) is 3.70. The van der Waals surface area contributed by atoms with E-state index in [2.05, 4.69) is 24.5 Å². The Morgan fingerprint density at radius 2 is 2.25 bits per heavy atom. The minimum absolute atomic E-state index is 0.0806. The average Bonchev–Trinajstić information content (AvgIpc) is 2.41. The Labute approximate surface area is 120 Å². The Balaban J connectivity index is 1.79. The summed E-state index contributed by atoms with van der Waals surface area (Å²) in [4.78, 5) is 11.7. The quantitative estimate of drug-likeness (QED) is 0.838. The van der Waals surface area contributed by atoms with Crippen molar-refractivity contribution in [3.05, 3.63) is 29.8 Å². The molecule has 0 bridgehead atoms. The summed E-state index contributed by atoms with van der Waals surface area (Å²) in [5.41, 5.74) is 1.05. The van der Waals surface area contributed by atoms with Crippen LogP contribution in [0.25, 0.3) is 0 Å². The van der Waals surface area contributed by atoms with Crippen LogP contribution in [0.15, 0.2) is 24.3 Å². The van der Waals surface area contributed by atoms with Gasteiger partial charge in [0.2, 0.25) is 0 Å². The third-order valence-corrected chi connectivity index (χ3v) is 3.70. The van der Waals surface area contributed by atoms with Crippen molar-refractivity contribution in [3.63, 3.8) is 0 Å². The average molecular weight is 276 g/mol. The highest BCUT2D eigenvalue weighted by Gasteiger charge is 2.18. The summed E-state index contributed by atoms with van der Waals surface area (Å²) in [5.74, 6) is 0.859. The molecule has 1 atom stereocenters. The Bertz CT molecular complexity index is 444. The van der Waals surface area contributed by atoms with Crippen LogP contribution in [0.4, 0.5) is 4.79 Å². The molecular formula is C16H24N2O2. The molecule has 1 fully saturated rings. The number of hydrogen-bond acceptors (Lipinski definition) is 2. The molecule has 2 amide bonds. The van der Waals surface area contributed by atoms with Crippen LogP contribution >= 0.6 is 0 Å². The third kappa shape index (κ3) is 4.44. The van der Waals surface area contributed by atoms with Crippen molar-refractivity contribution < 1.29 is 9.53 Å². The highest BCUT2D eigenvalue weighted by molar-refractivity contribution is 5.74. The van der Waals surface area contributed by atoms with Gasteiger partial charge in [-0.3, -0.25) is 0 Å². The zero-order valence-corrected chi connectivity index (χ0v) is 12.3. The molecule has 0 saturated heterocycles. The Morgan fingerprint density at radius 3 is 2.90 bits per heavy atom. The molecule has 20 heavy (non-hydrogen) atoms. The predicted molar refractivity (Wildman–Crippen MR) is 79.8 cm³/mol. The van der Waals surface area contributed by atoms with E-state index in [1.165, 1.54) is 6.42 Å². The molecule has 1 aliphatic rings. The summed E-state index contributed by atoms with van der Waals surface area (Å²) in [7, 11) is 0. The molecule has 1 saturated carbocycles. The van der Waals surface area contributed by atoms with Gasteiger partial charge in [-0.1, -0.05) is 19.1 Å². The first-order valence-corrected chi connectivity index (χ1v) is 7.47. The van der Waals surface area contributed by atoms with Gasteiger partial charge in [0, 0.05) is 12.6 Å². The van der Waals surface area contributed by atoms with Crippen molar-refractivity contribution in [2.45, 2.75) is 58.2 Å². The van der Waals surface area contributed by atoms with Crippen molar-refractivity contribution in [2.24, 2.45) is 0 Å². The van der Waals surface area contributed by atoms with Gasteiger partial charge in [-0.2, -0.15) is 0 Å². The molecule has 2 N–H and O–H groups in total. The second-order valence-electron chi connectivity index (χ2n) is 5.44. The molecule has 2 rings (SSSR count). The van der Waals surface area contributed by atoms with E-state index in [0.29, 0.717) is 12.6 Å². The standard InChI is InChI=1S/C16H24N2O2/c1-3-12(2)20-15-9-4-6-13(10-15)11-17-16(19)18-14-7-5-8-14/h4,6,9-10,12,14H,3,5,7-8,11H2,1-2H3,(H2,17,18,19). The van der Waals surface area contributed by atoms with E-state index in [4.69, 9.17) is 4.74 Å². The lowest BCUT2D eigenvalue weighted by Gasteiger charge is -2.26. The summed E-state index contributed by atoms with van der Waals surface area (Å²) >= 11 is 0. The second-order valence-corrected chi connectivity index (χ2v) is 5.44. The number of amides is 2. The minimum atomic E-state index is -0.0806. The van der Waals surface area contributed by atoms with Gasteiger partial charge >= 0.3 is 6.03 Å². The molecule has 4 nitrogen and oxygen atoms in total. The lowest BCUT2D eigenvalue weighted by Crippen LogP contribution is -2.44. The van der Waals surface area contributed by atoms with Crippen LogP contribution in [-0.2, 0) is 6.54 Å². The van der Waals surface area contributed by atoms with Gasteiger partial charge in [0.25, 0.3) is 0 Å². The highest BCUT2D eigenvalue weighted by atomic mass is 16.5. The largest absolute Gasteiger partial charge is 0.491 e. The van der Waals surface area contributed by atoms with Crippen molar-refractivity contribution in [1.29, 1.82) is 0 Å². The molecule has 0 aromatic heterocycles. The number of urea groups is 1. The fourth-order valence-corrected chi connectivity index (χ4v) is 2.02. The molecule has 1 aliphatic carbocycles. The van der Waals surface area contributed by atoms with E-state index in [0.717, 1.165) is 30.6 Å². The van der Waals surface area contributed by atoms with E-state index in [1.54, 1.807) is 0 Å². The molecule has 0 radical (unpaired) electrons. The zero-order chi connectivity index (χ0) is 14.4. The van der Waals surface area contributed by atoms with Crippen molar-refractivity contribution in [2.75, 3.05) is 0 Å². The van der Waals surface area contributed by atoms with E-state index in [1.807, 2.05) is 24.3 Å². The fraction of sp³-hybridized carbons (Fsp3) is 0.562. The van der Waals surface area contributed by atoms with Crippen molar-refractivity contribution >= 4 is 6.03 Å². The SMILES string of the molecule is CCC(C)Oc1cccc(CNC(=O)NC2CCC2)c1. The molecule has 0 aliphatic heterocycles. The predicted octanol–water partition coefficient (Wildman–Crippen LogP) is 3.22. The molecule has 0 heterocycles. The fourth-order valence-electron chi connectivity index (χ4n) is 2.02. The van der Waals surface area contributed by atoms with E-state index < -0.39 is 0 Å². The number of benzene rings is 1.